The van der Waals surface area contributed by atoms with E-state index in [1.807, 2.05) is 51.1 Å². The minimum absolute atomic E-state index is 0.0416. The Hall–Kier alpha value is -3.29. The highest BCUT2D eigenvalue weighted by atomic mass is 16.6. The van der Waals surface area contributed by atoms with Crippen LogP contribution in [-0.4, -0.2) is 46.4 Å². The van der Waals surface area contributed by atoms with Gasteiger partial charge in [0.25, 0.3) is 0 Å². The van der Waals surface area contributed by atoms with E-state index in [-0.39, 0.29) is 12.0 Å². The Bertz CT molecular complexity index is 974. The van der Waals surface area contributed by atoms with Crippen LogP contribution in [0.1, 0.15) is 58.7 Å². The Morgan fingerprint density at radius 2 is 1.67 bits per heavy atom. The molecule has 1 aliphatic rings. The first-order chi connectivity index (χ1) is 15.4. The number of carbonyl (C=O) groups is 2. The van der Waals surface area contributed by atoms with Crippen LogP contribution in [0.25, 0.3) is 0 Å². The fourth-order valence-electron chi connectivity index (χ4n) is 3.19. The number of nitrogens with one attached hydrogen (secondary N) is 1. The number of carbonyl (C=O) groups excluding carboxylic acids is 2. The Morgan fingerprint density at radius 3 is 2.27 bits per heavy atom. The zero-order valence-corrected chi connectivity index (χ0v) is 20.2. The summed E-state index contributed by atoms with van der Waals surface area (Å²) in [6, 6.07) is 11.5. The number of pyridine rings is 1. The van der Waals surface area contributed by atoms with Crippen molar-refractivity contribution in [1.82, 2.24) is 9.88 Å². The molecule has 0 spiro atoms. The van der Waals surface area contributed by atoms with Crippen LogP contribution in [0.5, 0.6) is 5.75 Å². The summed E-state index contributed by atoms with van der Waals surface area (Å²) in [6.07, 6.45) is 0.683. The van der Waals surface area contributed by atoms with Crippen LogP contribution in [0, 0.1) is 0 Å². The van der Waals surface area contributed by atoms with Gasteiger partial charge in [0.1, 0.15) is 17.8 Å². The molecule has 1 aromatic heterocycles. The van der Waals surface area contributed by atoms with Crippen molar-refractivity contribution in [2.45, 2.75) is 65.3 Å². The van der Waals surface area contributed by atoms with E-state index >= 15 is 0 Å². The highest BCUT2D eigenvalue weighted by Crippen LogP contribution is 2.33. The van der Waals surface area contributed by atoms with E-state index in [1.165, 1.54) is 0 Å². The van der Waals surface area contributed by atoms with Crippen LogP contribution in [0.2, 0.25) is 0 Å². The maximum Gasteiger partial charge on any atom is 0.412 e. The third-order valence-electron chi connectivity index (χ3n) is 4.71. The molecule has 8 nitrogen and oxygen atoms in total. The average molecular weight is 456 g/mol. The molecule has 8 heteroatoms. The van der Waals surface area contributed by atoms with Crippen LogP contribution in [0.15, 0.2) is 42.6 Å². The summed E-state index contributed by atoms with van der Waals surface area (Å²) in [7, 11) is 0. The summed E-state index contributed by atoms with van der Waals surface area (Å²) < 4.78 is 16.8. The van der Waals surface area contributed by atoms with Crippen LogP contribution >= 0.6 is 0 Å². The van der Waals surface area contributed by atoms with Gasteiger partial charge in [0.05, 0.1) is 11.9 Å². The predicted octanol–water partition coefficient (Wildman–Crippen LogP) is 5.34. The molecule has 0 saturated carbocycles. The molecule has 33 heavy (non-hydrogen) atoms. The summed E-state index contributed by atoms with van der Waals surface area (Å²) in [4.78, 5) is 30.8. The molecular weight excluding hydrogens is 422 g/mol. The number of likely N-dealkylation sites (tertiary alicyclic amines) is 1. The molecule has 2 aromatic rings. The minimum atomic E-state index is -0.632. The monoisotopic (exact) mass is 455 g/mol. The van der Waals surface area contributed by atoms with Gasteiger partial charge in [-0.1, -0.05) is 30.3 Å². The van der Waals surface area contributed by atoms with Gasteiger partial charge >= 0.3 is 12.2 Å². The van der Waals surface area contributed by atoms with E-state index in [0.29, 0.717) is 31.1 Å². The third kappa shape index (κ3) is 7.37. The quantitative estimate of drug-likeness (QED) is 0.654. The Balaban J connectivity index is 1.72. The van der Waals surface area contributed by atoms with Gasteiger partial charge in [-0.15, -0.1) is 0 Å². The van der Waals surface area contributed by atoms with Crippen molar-refractivity contribution in [3.63, 3.8) is 0 Å². The maximum atomic E-state index is 12.4. The standard InChI is InChI=1S/C25H33N3O5/c1-24(2,3)32-22(29)27-20-12-19(18-14-28(15-18)23(30)33-25(4,5)6)26-13-21(20)31-16-17-10-8-7-9-11-17/h7-13,18H,14-16H2,1-6H3,(H,26,27,29). The van der Waals surface area contributed by atoms with E-state index in [2.05, 4.69) is 10.3 Å². The number of rotatable bonds is 5. The number of hydrogen-bond donors (Lipinski definition) is 1. The highest BCUT2D eigenvalue weighted by molar-refractivity contribution is 5.87. The second kappa shape index (κ2) is 9.68. The first-order valence-corrected chi connectivity index (χ1v) is 11.0. The molecule has 1 N–H and O–H groups in total. The molecule has 2 heterocycles. The number of nitrogens with zero attached hydrogens (tertiary/aromatic N) is 2. The van der Waals surface area contributed by atoms with Crippen LogP contribution < -0.4 is 10.1 Å². The molecule has 1 aromatic carbocycles. The Kier molecular flexibility index (Phi) is 7.15. The van der Waals surface area contributed by atoms with Crippen molar-refractivity contribution < 1.29 is 23.8 Å². The summed E-state index contributed by atoms with van der Waals surface area (Å²) in [5.41, 5.74) is 1.06. The lowest BCUT2D eigenvalue weighted by molar-refractivity contribution is 0.00786. The molecule has 0 aliphatic carbocycles. The normalized spacial score (nSPS) is 14.3. The van der Waals surface area contributed by atoms with Gasteiger partial charge in [0.15, 0.2) is 5.75 Å². The van der Waals surface area contributed by atoms with Gasteiger partial charge in [-0.2, -0.15) is 0 Å². The molecule has 0 bridgehead atoms. The second-order valence-electron chi connectivity index (χ2n) is 10.1. The molecular formula is C25H33N3O5. The molecule has 1 saturated heterocycles. The Labute approximate surface area is 195 Å². The lowest BCUT2D eigenvalue weighted by atomic mass is 9.96. The molecule has 178 valence electrons. The fourth-order valence-corrected chi connectivity index (χ4v) is 3.19. The number of aromatic nitrogens is 1. The van der Waals surface area contributed by atoms with E-state index in [0.717, 1.165) is 11.3 Å². The number of amides is 2. The molecule has 0 unspecified atom stereocenters. The largest absolute Gasteiger partial charge is 0.485 e. The van der Waals surface area contributed by atoms with Crippen molar-refractivity contribution in [1.29, 1.82) is 0 Å². The summed E-state index contributed by atoms with van der Waals surface area (Å²) >= 11 is 0. The molecule has 0 radical (unpaired) electrons. The van der Waals surface area contributed by atoms with Gasteiger partial charge in [0.2, 0.25) is 0 Å². The van der Waals surface area contributed by atoms with Gasteiger partial charge in [-0.05, 0) is 53.2 Å². The van der Waals surface area contributed by atoms with Crippen molar-refractivity contribution >= 4 is 17.9 Å². The molecule has 1 fully saturated rings. The van der Waals surface area contributed by atoms with Crippen molar-refractivity contribution in [2.24, 2.45) is 0 Å². The zero-order chi connectivity index (χ0) is 24.2. The van der Waals surface area contributed by atoms with Crippen molar-refractivity contribution in [3.05, 3.63) is 53.9 Å². The molecule has 0 atom stereocenters. The predicted molar refractivity (Wildman–Crippen MR) is 125 cm³/mol. The Morgan fingerprint density at radius 1 is 1.03 bits per heavy atom. The van der Waals surface area contributed by atoms with E-state index in [4.69, 9.17) is 14.2 Å². The number of benzene rings is 1. The van der Waals surface area contributed by atoms with Gasteiger partial charge < -0.3 is 19.1 Å². The first kappa shape index (κ1) is 24.4. The van der Waals surface area contributed by atoms with Crippen molar-refractivity contribution in [3.8, 4) is 5.75 Å². The lowest BCUT2D eigenvalue weighted by Crippen LogP contribution is -2.50. The minimum Gasteiger partial charge on any atom is -0.485 e. The smallest absolute Gasteiger partial charge is 0.412 e. The topological polar surface area (TPSA) is 90.0 Å². The lowest BCUT2D eigenvalue weighted by Gasteiger charge is -2.39. The van der Waals surface area contributed by atoms with E-state index in [1.54, 1.807) is 37.9 Å². The summed E-state index contributed by atoms with van der Waals surface area (Å²) in [5.74, 6) is 0.483. The number of hydrogen-bond acceptors (Lipinski definition) is 6. The number of ether oxygens (including phenoxy) is 3. The van der Waals surface area contributed by atoms with Gasteiger partial charge in [-0.25, -0.2) is 9.59 Å². The van der Waals surface area contributed by atoms with Gasteiger partial charge in [0, 0.05) is 24.7 Å². The van der Waals surface area contributed by atoms with Crippen molar-refractivity contribution in [2.75, 3.05) is 18.4 Å². The average Bonchev–Trinajstić information content (AvgIpc) is 2.64. The summed E-state index contributed by atoms with van der Waals surface area (Å²) in [6.45, 7) is 12.3. The fraction of sp³-hybridized carbons (Fsp3) is 0.480. The summed E-state index contributed by atoms with van der Waals surface area (Å²) in [5, 5.41) is 2.78. The molecule has 3 rings (SSSR count). The van der Waals surface area contributed by atoms with E-state index in [9.17, 15) is 9.59 Å². The second-order valence-corrected chi connectivity index (χ2v) is 10.1. The van der Waals surface area contributed by atoms with Gasteiger partial charge in [-0.3, -0.25) is 10.3 Å². The SMILES string of the molecule is CC(C)(C)OC(=O)Nc1cc(C2CN(C(=O)OC(C)(C)C)C2)ncc1OCc1ccccc1. The van der Waals surface area contributed by atoms with E-state index < -0.39 is 17.3 Å². The van der Waals surface area contributed by atoms with Crippen LogP contribution in [-0.2, 0) is 16.1 Å². The molecule has 2 amide bonds. The number of anilines is 1. The van der Waals surface area contributed by atoms with Crippen LogP contribution in [0.3, 0.4) is 0 Å². The first-order valence-electron chi connectivity index (χ1n) is 11.0. The molecule has 1 aliphatic heterocycles. The third-order valence-corrected chi connectivity index (χ3v) is 4.71. The highest BCUT2D eigenvalue weighted by Gasteiger charge is 2.35. The van der Waals surface area contributed by atoms with Crippen LogP contribution in [0.4, 0.5) is 15.3 Å². The zero-order valence-electron chi connectivity index (χ0n) is 20.2. The maximum absolute atomic E-state index is 12.4.